The summed E-state index contributed by atoms with van der Waals surface area (Å²) < 4.78 is 5.33. The monoisotopic (exact) mass is 287 g/mol. The van der Waals surface area contributed by atoms with Crippen molar-refractivity contribution in [2.24, 2.45) is 11.8 Å². The molecule has 2 atom stereocenters. The van der Waals surface area contributed by atoms with Gasteiger partial charge in [0, 0.05) is 18.7 Å². The Labute approximate surface area is 127 Å². The van der Waals surface area contributed by atoms with Crippen LogP contribution in [0.1, 0.15) is 31.4 Å². The average Bonchev–Trinajstić information content (AvgIpc) is 2.49. The van der Waals surface area contributed by atoms with Crippen LogP contribution in [-0.2, 0) is 6.54 Å². The molecule has 114 valence electrons. The topological polar surface area (TPSA) is 32.7 Å². The van der Waals surface area contributed by atoms with E-state index in [1.165, 1.54) is 12.0 Å². The predicted octanol–water partition coefficient (Wildman–Crippen LogP) is 2.52. The van der Waals surface area contributed by atoms with Crippen molar-refractivity contribution in [3.8, 4) is 17.6 Å². The Hall–Kier alpha value is -1.50. The number of likely N-dealkylation sites (tertiary alicyclic amines) is 1. The molecule has 1 fully saturated rings. The number of benzene rings is 1. The molecule has 1 aliphatic rings. The minimum absolute atomic E-state index is 0.107. The molecule has 1 N–H and O–H groups in total. The van der Waals surface area contributed by atoms with Crippen molar-refractivity contribution in [3.05, 3.63) is 29.3 Å². The van der Waals surface area contributed by atoms with Crippen LogP contribution in [0.4, 0.5) is 0 Å². The number of nitrogens with zero attached hydrogens (tertiary/aromatic N) is 1. The lowest BCUT2D eigenvalue weighted by Gasteiger charge is -2.35. The van der Waals surface area contributed by atoms with E-state index in [0.29, 0.717) is 0 Å². The van der Waals surface area contributed by atoms with Gasteiger partial charge in [-0.05, 0) is 48.6 Å². The van der Waals surface area contributed by atoms with Gasteiger partial charge in [0.25, 0.3) is 0 Å². The molecule has 0 bridgehead atoms. The Morgan fingerprint density at radius 2 is 2.14 bits per heavy atom. The van der Waals surface area contributed by atoms with E-state index in [1.54, 1.807) is 7.11 Å². The molecule has 0 saturated carbocycles. The molecule has 1 aromatic rings. The quantitative estimate of drug-likeness (QED) is 0.867. The molecule has 3 nitrogen and oxygen atoms in total. The van der Waals surface area contributed by atoms with E-state index in [4.69, 9.17) is 9.84 Å². The van der Waals surface area contributed by atoms with Gasteiger partial charge in [-0.15, -0.1) is 0 Å². The summed E-state index contributed by atoms with van der Waals surface area (Å²) in [6.45, 7) is 7.72. The highest BCUT2D eigenvalue weighted by Crippen LogP contribution is 2.25. The van der Waals surface area contributed by atoms with Gasteiger partial charge in [-0.25, -0.2) is 0 Å². The van der Waals surface area contributed by atoms with Crippen LogP contribution in [0.25, 0.3) is 0 Å². The Morgan fingerprint density at radius 1 is 1.33 bits per heavy atom. The maximum atomic E-state index is 8.90. The smallest absolute Gasteiger partial charge is 0.119 e. The van der Waals surface area contributed by atoms with Crippen LogP contribution >= 0.6 is 0 Å². The van der Waals surface area contributed by atoms with Crippen molar-refractivity contribution in [1.82, 2.24) is 4.90 Å². The predicted molar refractivity (Wildman–Crippen MR) is 85.2 cm³/mol. The first-order valence-electron chi connectivity index (χ1n) is 7.63. The zero-order valence-corrected chi connectivity index (χ0v) is 13.2. The maximum Gasteiger partial charge on any atom is 0.119 e. The minimum atomic E-state index is -0.107. The van der Waals surface area contributed by atoms with Gasteiger partial charge in [-0.2, -0.15) is 0 Å². The highest BCUT2D eigenvalue weighted by molar-refractivity contribution is 5.45. The van der Waals surface area contributed by atoms with Crippen molar-refractivity contribution < 1.29 is 9.84 Å². The fraction of sp³-hybridized carbons (Fsp3) is 0.556. The van der Waals surface area contributed by atoms with Crippen LogP contribution in [0.5, 0.6) is 5.75 Å². The second kappa shape index (κ2) is 7.49. The van der Waals surface area contributed by atoms with Crippen LogP contribution in [0.15, 0.2) is 18.2 Å². The second-order valence-electron chi connectivity index (χ2n) is 5.96. The zero-order chi connectivity index (χ0) is 15.2. The van der Waals surface area contributed by atoms with Gasteiger partial charge >= 0.3 is 0 Å². The van der Waals surface area contributed by atoms with Gasteiger partial charge in [-0.3, -0.25) is 4.90 Å². The fourth-order valence-electron chi connectivity index (χ4n) is 2.82. The largest absolute Gasteiger partial charge is 0.497 e. The molecule has 1 aliphatic heterocycles. The van der Waals surface area contributed by atoms with Gasteiger partial charge in [0.05, 0.1) is 7.11 Å². The van der Waals surface area contributed by atoms with E-state index in [1.807, 2.05) is 12.1 Å². The van der Waals surface area contributed by atoms with Crippen molar-refractivity contribution in [2.75, 3.05) is 26.8 Å². The molecular formula is C18H25NO2. The van der Waals surface area contributed by atoms with Gasteiger partial charge < -0.3 is 9.84 Å². The maximum absolute atomic E-state index is 8.90. The first-order chi connectivity index (χ1) is 10.1. The molecule has 0 amide bonds. The number of methoxy groups -OCH3 is 1. The van der Waals surface area contributed by atoms with Crippen molar-refractivity contribution in [3.63, 3.8) is 0 Å². The van der Waals surface area contributed by atoms with Crippen molar-refractivity contribution >= 4 is 0 Å². The Kier molecular flexibility index (Phi) is 5.67. The van der Waals surface area contributed by atoms with Crippen molar-refractivity contribution in [1.29, 1.82) is 0 Å². The number of hydrogen-bond donors (Lipinski definition) is 1. The summed E-state index contributed by atoms with van der Waals surface area (Å²) in [4.78, 5) is 2.49. The van der Waals surface area contributed by atoms with E-state index in [2.05, 4.69) is 36.7 Å². The molecule has 2 rings (SSSR count). The highest BCUT2D eigenvalue weighted by Gasteiger charge is 2.23. The molecule has 1 saturated heterocycles. The van der Waals surface area contributed by atoms with Gasteiger partial charge in [0.2, 0.25) is 0 Å². The Balaban J connectivity index is 2.17. The molecule has 1 aromatic carbocycles. The zero-order valence-electron chi connectivity index (χ0n) is 13.2. The SMILES string of the molecule is COc1ccc(C#CCO)c(CN2CCC(C)C(C)C2)c1. The number of piperidine rings is 1. The van der Waals surface area contributed by atoms with E-state index >= 15 is 0 Å². The number of rotatable bonds is 3. The number of aliphatic hydroxyl groups excluding tert-OH is 1. The summed E-state index contributed by atoms with van der Waals surface area (Å²) in [5.41, 5.74) is 2.16. The molecular weight excluding hydrogens is 262 g/mol. The Morgan fingerprint density at radius 3 is 2.81 bits per heavy atom. The molecule has 0 spiro atoms. The highest BCUT2D eigenvalue weighted by atomic mass is 16.5. The first kappa shape index (κ1) is 15.9. The second-order valence-corrected chi connectivity index (χ2v) is 5.96. The standard InChI is InChI=1S/C18H25NO2/c1-14-8-9-19(12-15(14)2)13-17-11-18(21-3)7-6-16(17)5-4-10-20/h6-7,11,14-15,20H,8-10,12-13H2,1-3H3. The normalized spacial score (nSPS) is 22.5. The van der Waals surface area contributed by atoms with Crippen LogP contribution < -0.4 is 4.74 Å². The van der Waals surface area contributed by atoms with Crippen molar-refractivity contribution in [2.45, 2.75) is 26.8 Å². The minimum Gasteiger partial charge on any atom is -0.497 e. The summed E-state index contributed by atoms with van der Waals surface area (Å²) in [6, 6.07) is 5.96. The van der Waals surface area contributed by atoms with E-state index < -0.39 is 0 Å². The third-order valence-corrected chi connectivity index (χ3v) is 4.43. The summed E-state index contributed by atoms with van der Waals surface area (Å²) in [5.74, 6) is 8.18. The summed E-state index contributed by atoms with van der Waals surface area (Å²) >= 11 is 0. The summed E-state index contributed by atoms with van der Waals surface area (Å²) in [7, 11) is 1.68. The fourth-order valence-corrected chi connectivity index (χ4v) is 2.82. The molecule has 1 heterocycles. The van der Waals surface area contributed by atoms with E-state index in [-0.39, 0.29) is 6.61 Å². The van der Waals surface area contributed by atoms with Crippen LogP contribution in [-0.4, -0.2) is 36.8 Å². The van der Waals surface area contributed by atoms with E-state index in [9.17, 15) is 0 Å². The molecule has 2 unspecified atom stereocenters. The van der Waals surface area contributed by atoms with E-state index in [0.717, 1.165) is 42.8 Å². The molecule has 0 aromatic heterocycles. The summed E-state index contributed by atoms with van der Waals surface area (Å²) in [5, 5.41) is 8.90. The lowest BCUT2D eigenvalue weighted by atomic mass is 9.88. The molecule has 21 heavy (non-hydrogen) atoms. The van der Waals surface area contributed by atoms with Gasteiger partial charge in [0.15, 0.2) is 0 Å². The lowest BCUT2D eigenvalue weighted by molar-refractivity contribution is 0.132. The Bertz CT molecular complexity index is 530. The van der Waals surface area contributed by atoms with Gasteiger partial charge in [-0.1, -0.05) is 25.7 Å². The number of hydrogen-bond acceptors (Lipinski definition) is 3. The number of aliphatic hydroxyl groups is 1. The molecule has 0 radical (unpaired) electrons. The molecule has 3 heteroatoms. The van der Waals surface area contributed by atoms with Gasteiger partial charge in [0.1, 0.15) is 12.4 Å². The third-order valence-electron chi connectivity index (χ3n) is 4.43. The van der Waals surface area contributed by atoms with Crippen LogP contribution in [0, 0.1) is 23.7 Å². The lowest BCUT2D eigenvalue weighted by Crippen LogP contribution is -2.38. The molecule has 0 aliphatic carbocycles. The van der Waals surface area contributed by atoms with Crippen LogP contribution in [0.3, 0.4) is 0 Å². The average molecular weight is 287 g/mol. The first-order valence-corrected chi connectivity index (χ1v) is 7.63. The number of ether oxygens (including phenoxy) is 1. The van der Waals surface area contributed by atoms with Crippen LogP contribution in [0.2, 0.25) is 0 Å². The summed E-state index contributed by atoms with van der Waals surface area (Å²) in [6.07, 6.45) is 1.25. The third kappa shape index (κ3) is 4.23.